The van der Waals surface area contributed by atoms with Crippen LogP contribution in [-0.2, 0) is 19.4 Å². The maximum Gasteiger partial charge on any atom is 0.157 e. The third kappa shape index (κ3) is 5.67. The van der Waals surface area contributed by atoms with Crippen LogP contribution in [0.15, 0.2) is 55.1 Å². The quantitative estimate of drug-likeness (QED) is 0.252. The van der Waals surface area contributed by atoms with E-state index < -0.39 is 0 Å². The van der Waals surface area contributed by atoms with Crippen molar-refractivity contribution in [3.63, 3.8) is 0 Å². The zero-order valence-corrected chi connectivity index (χ0v) is 20.1. The summed E-state index contributed by atoms with van der Waals surface area (Å²) >= 11 is 1.54. The van der Waals surface area contributed by atoms with Crippen LogP contribution in [0.5, 0.6) is 0 Å². The van der Waals surface area contributed by atoms with Crippen LogP contribution in [0.2, 0.25) is 0 Å². The smallest absolute Gasteiger partial charge is 0.157 e. The average molecular weight is 489 g/mol. The molecule has 8 nitrogen and oxygen atoms in total. The Morgan fingerprint density at radius 1 is 1.03 bits per heavy atom. The number of imidazole rings is 1. The van der Waals surface area contributed by atoms with Crippen LogP contribution in [-0.4, -0.2) is 43.0 Å². The summed E-state index contributed by atoms with van der Waals surface area (Å²) in [7, 11) is 0. The van der Waals surface area contributed by atoms with Crippen molar-refractivity contribution < 1.29 is 4.39 Å². The van der Waals surface area contributed by atoms with Gasteiger partial charge in [0.15, 0.2) is 5.82 Å². The van der Waals surface area contributed by atoms with Gasteiger partial charge in [-0.3, -0.25) is 4.98 Å². The molecule has 1 aromatic carbocycles. The molecule has 4 heterocycles. The van der Waals surface area contributed by atoms with Crippen molar-refractivity contribution in [2.24, 2.45) is 0 Å². The van der Waals surface area contributed by atoms with Gasteiger partial charge in [-0.25, -0.2) is 24.3 Å². The third-order valence-electron chi connectivity index (χ3n) is 5.51. The van der Waals surface area contributed by atoms with Gasteiger partial charge in [0.1, 0.15) is 28.3 Å². The van der Waals surface area contributed by atoms with E-state index in [9.17, 15) is 4.39 Å². The van der Waals surface area contributed by atoms with E-state index in [1.54, 1.807) is 23.6 Å². The molecule has 0 aliphatic heterocycles. The van der Waals surface area contributed by atoms with Crippen LogP contribution in [0.4, 0.5) is 10.2 Å². The number of benzene rings is 1. The molecule has 0 saturated carbocycles. The molecule has 0 radical (unpaired) electrons. The first-order valence-corrected chi connectivity index (χ1v) is 12.2. The summed E-state index contributed by atoms with van der Waals surface area (Å²) in [6, 6.07) is 11.3. The second-order valence-electron chi connectivity index (χ2n) is 8.13. The standard InChI is InChI=1S/C25H25FN8S/c1-16-4-2-5-17(12-16)19-13-29-21(33-19)7-10-27-11-8-22-34-23-24(31-15-32-25(23)35-22)30-14-20-18(26)6-3-9-28-20/h2-6,9,12-13,15,27H,7-8,10-11,14H2,1H3,(H,29,33)(H,30,31,32). The van der Waals surface area contributed by atoms with Gasteiger partial charge < -0.3 is 15.6 Å². The number of nitrogens with zero attached hydrogens (tertiary/aromatic N) is 5. The molecule has 35 heavy (non-hydrogen) atoms. The zero-order chi connectivity index (χ0) is 24.0. The number of thiazole rings is 1. The molecule has 0 amide bonds. The minimum atomic E-state index is -0.351. The molecule has 5 rings (SSSR count). The van der Waals surface area contributed by atoms with Crippen molar-refractivity contribution in [3.8, 4) is 11.3 Å². The van der Waals surface area contributed by atoms with Gasteiger partial charge in [0.2, 0.25) is 0 Å². The van der Waals surface area contributed by atoms with Crippen molar-refractivity contribution in [1.82, 2.24) is 35.2 Å². The number of pyridine rings is 1. The van der Waals surface area contributed by atoms with E-state index in [0.29, 0.717) is 17.0 Å². The molecule has 178 valence electrons. The first-order chi connectivity index (χ1) is 17.2. The Bertz CT molecular complexity index is 1430. The molecule has 0 spiro atoms. The lowest BCUT2D eigenvalue weighted by Crippen LogP contribution is -2.20. The molecule has 5 aromatic rings. The van der Waals surface area contributed by atoms with E-state index in [-0.39, 0.29) is 12.4 Å². The number of hydrogen-bond acceptors (Lipinski definition) is 8. The van der Waals surface area contributed by atoms with E-state index in [0.717, 1.165) is 52.9 Å². The maximum atomic E-state index is 13.9. The SMILES string of the molecule is Cc1cccc(-c2cnc(CCNCCc3nc4c(NCc5ncccc5F)ncnc4s3)[nH]2)c1. The fourth-order valence-corrected chi connectivity index (χ4v) is 4.63. The number of aryl methyl sites for hydroxylation is 1. The molecular formula is C25H25FN8S. The van der Waals surface area contributed by atoms with E-state index in [1.165, 1.54) is 18.0 Å². The van der Waals surface area contributed by atoms with E-state index >= 15 is 0 Å². The lowest BCUT2D eigenvalue weighted by Gasteiger charge is -2.05. The predicted molar refractivity (Wildman–Crippen MR) is 136 cm³/mol. The second kappa shape index (κ2) is 10.7. The van der Waals surface area contributed by atoms with Crippen LogP contribution in [0.25, 0.3) is 21.6 Å². The maximum absolute atomic E-state index is 13.9. The van der Waals surface area contributed by atoms with Crippen molar-refractivity contribution in [1.29, 1.82) is 0 Å². The van der Waals surface area contributed by atoms with Gasteiger partial charge in [0.25, 0.3) is 0 Å². The highest BCUT2D eigenvalue weighted by Gasteiger charge is 2.12. The first-order valence-electron chi connectivity index (χ1n) is 11.4. The number of rotatable bonds is 10. The normalized spacial score (nSPS) is 11.3. The number of H-pyrrole nitrogens is 1. The molecule has 0 aliphatic rings. The van der Waals surface area contributed by atoms with E-state index in [2.05, 4.69) is 66.7 Å². The number of aromatic amines is 1. The van der Waals surface area contributed by atoms with Gasteiger partial charge in [0, 0.05) is 32.1 Å². The van der Waals surface area contributed by atoms with Gasteiger partial charge in [-0.2, -0.15) is 0 Å². The summed E-state index contributed by atoms with van der Waals surface area (Å²) in [4.78, 5) is 26.1. The Kier molecular flexibility index (Phi) is 7.01. The second-order valence-corrected chi connectivity index (χ2v) is 9.19. The highest BCUT2D eigenvalue weighted by atomic mass is 32.1. The fraction of sp³-hybridized carbons (Fsp3) is 0.240. The van der Waals surface area contributed by atoms with Crippen LogP contribution in [0.1, 0.15) is 22.1 Å². The summed E-state index contributed by atoms with van der Waals surface area (Å²) in [5.74, 6) is 1.19. The molecule has 0 aliphatic carbocycles. The molecule has 0 fully saturated rings. The number of fused-ring (bicyclic) bond motifs is 1. The first kappa shape index (κ1) is 23.0. The molecule has 0 bridgehead atoms. The molecule has 3 N–H and O–H groups in total. The molecule has 4 aromatic heterocycles. The highest BCUT2D eigenvalue weighted by Crippen LogP contribution is 2.25. The number of anilines is 1. The molecule has 0 saturated heterocycles. The lowest BCUT2D eigenvalue weighted by molar-refractivity contribution is 0.602. The monoisotopic (exact) mass is 488 g/mol. The van der Waals surface area contributed by atoms with E-state index in [1.807, 2.05) is 6.20 Å². The summed E-state index contributed by atoms with van der Waals surface area (Å²) in [6.45, 7) is 3.92. The fourth-order valence-electron chi connectivity index (χ4n) is 3.73. The topological polar surface area (TPSA) is 104 Å². The van der Waals surface area contributed by atoms with Crippen LogP contribution in [0, 0.1) is 12.7 Å². The summed E-state index contributed by atoms with van der Waals surface area (Å²) in [5, 5.41) is 7.56. The largest absolute Gasteiger partial charge is 0.362 e. The van der Waals surface area contributed by atoms with Gasteiger partial charge in [0.05, 0.1) is 29.1 Å². The summed E-state index contributed by atoms with van der Waals surface area (Å²) < 4.78 is 13.9. The summed E-state index contributed by atoms with van der Waals surface area (Å²) in [5.41, 5.74) is 4.44. The van der Waals surface area contributed by atoms with Gasteiger partial charge in [-0.1, -0.05) is 35.1 Å². The van der Waals surface area contributed by atoms with Crippen molar-refractivity contribution >= 4 is 27.5 Å². The minimum Gasteiger partial charge on any atom is -0.362 e. The van der Waals surface area contributed by atoms with Gasteiger partial charge >= 0.3 is 0 Å². The third-order valence-corrected chi connectivity index (χ3v) is 6.53. The van der Waals surface area contributed by atoms with E-state index in [4.69, 9.17) is 4.98 Å². The van der Waals surface area contributed by atoms with Crippen LogP contribution >= 0.6 is 11.3 Å². The molecule has 0 unspecified atom stereocenters. The summed E-state index contributed by atoms with van der Waals surface area (Å²) in [6.07, 6.45) is 6.55. The Morgan fingerprint density at radius 2 is 1.94 bits per heavy atom. The molecule has 0 atom stereocenters. The minimum absolute atomic E-state index is 0.228. The van der Waals surface area contributed by atoms with Crippen molar-refractivity contribution in [2.75, 3.05) is 18.4 Å². The predicted octanol–water partition coefficient (Wildman–Crippen LogP) is 4.31. The van der Waals surface area contributed by atoms with Crippen molar-refractivity contribution in [3.05, 3.63) is 83.0 Å². The Hall–Kier alpha value is -3.76. The van der Waals surface area contributed by atoms with Crippen molar-refractivity contribution in [2.45, 2.75) is 26.3 Å². The highest BCUT2D eigenvalue weighted by molar-refractivity contribution is 7.18. The van der Waals surface area contributed by atoms with Crippen LogP contribution < -0.4 is 10.6 Å². The number of aromatic nitrogens is 6. The Morgan fingerprint density at radius 3 is 2.83 bits per heavy atom. The zero-order valence-electron chi connectivity index (χ0n) is 19.3. The average Bonchev–Trinajstić information content (AvgIpc) is 3.51. The molecular weight excluding hydrogens is 463 g/mol. The molecule has 10 heteroatoms. The van der Waals surface area contributed by atoms with Gasteiger partial charge in [-0.05, 0) is 30.7 Å². The number of nitrogens with one attached hydrogen (secondary N) is 3. The van der Waals surface area contributed by atoms with Gasteiger partial charge in [-0.15, -0.1) is 0 Å². The Balaban J connectivity index is 1.12. The Labute approximate surface area is 206 Å². The lowest BCUT2D eigenvalue weighted by atomic mass is 10.1. The number of halogens is 1. The van der Waals surface area contributed by atoms with Crippen LogP contribution in [0.3, 0.4) is 0 Å². The number of hydrogen-bond donors (Lipinski definition) is 3.